The molecule has 0 saturated carbocycles. The van der Waals surface area contributed by atoms with Gasteiger partial charge in [-0.25, -0.2) is 9.97 Å². The largest absolute Gasteiger partial charge is 0.381 e. The van der Waals surface area contributed by atoms with Crippen LogP contribution in [0.3, 0.4) is 0 Å². The molecule has 0 bridgehead atoms. The van der Waals surface area contributed by atoms with E-state index in [0.29, 0.717) is 37.9 Å². The highest BCUT2D eigenvalue weighted by molar-refractivity contribution is 9.11. The zero-order chi connectivity index (χ0) is 39.7. The van der Waals surface area contributed by atoms with E-state index in [9.17, 15) is 10.4 Å². The predicted molar refractivity (Wildman–Crippen MR) is 238 cm³/mol. The number of nitrogens with one attached hydrogen (secondary N) is 4. The van der Waals surface area contributed by atoms with Crippen LogP contribution in [0.5, 0.6) is 0 Å². The number of nitrogens with zero attached hydrogens (tertiary/aromatic N) is 8. The maximum Gasteiger partial charge on any atom is 0.313 e. The van der Waals surface area contributed by atoms with Crippen molar-refractivity contribution in [3.63, 3.8) is 0 Å². The molecular weight excluding hydrogens is 880 g/mol. The molecular formula is C42H48Br2N12O3+2. The van der Waals surface area contributed by atoms with E-state index in [-0.39, 0.29) is 14.9 Å². The monoisotopic (exact) mass is 926 g/mol. The standard InChI is InChI=1S/C21H21BrN6O2.C19H17BrN6O.2CH4/c1-30-10-9-23-19-8-7-15(14-27(19)29)12-24-20-11-18(16-5-3-2-4-6-16)26-21-17(22)13-25-28(20)21;1-21-17-8-7-13(12-25(17)27)10-22-18-9-16(14-5-3-2-4-6-14)24-19-15(20)11-23-26(18)19;;/h2-8,11,13-14,29H,9-10,12H2,1H3,(H,24,25,26);2-9,11-12,27H,10H2,1H3,(H,22,23,24);2*1H4/p+2. The molecule has 0 aliphatic carbocycles. The van der Waals surface area contributed by atoms with Gasteiger partial charge < -0.3 is 25.8 Å². The van der Waals surface area contributed by atoms with E-state index < -0.39 is 0 Å². The fourth-order valence-electron chi connectivity index (χ4n) is 5.91. The summed E-state index contributed by atoms with van der Waals surface area (Å²) in [6, 6.07) is 31.5. The van der Waals surface area contributed by atoms with Crippen LogP contribution in [0.2, 0.25) is 0 Å². The Morgan fingerprint density at radius 1 is 0.644 bits per heavy atom. The van der Waals surface area contributed by atoms with Crippen molar-refractivity contribution in [2.45, 2.75) is 27.9 Å². The summed E-state index contributed by atoms with van der Waals surface area (Å²) >= 11 is 7.03. The number of fused-ring (bicyclic) bond motifs is 2. The average molecular weight is 929 g/mol. The predicted octanol–water partition coefficient (Wildman–Crippen LogP) is 7.96. The van der Waals surface area contributed by atoms with Crippen molar-refractivity contribution < 1.29 is 24.6 Å². The van der Waals surface area contributed by atoms with E-state index in [0.717, 1.165) is 75.0 Å². The van der Waals surface area contributed by atoms with Crippen molar-refractivity contribution in [1.82, 2.24) is 29.2 Å². The SMILES string of the molecule is C.C.CNc1ccc(CNc2cc(-c3ccccc3)nc3c(Br)cnn23)c[n+]1O.COCCNc1ccc(CNc2cc(-c3ccccc3)nc3c(Br)cnn23)c[n+]1O. The summed E-state index contributed by atoms with van der Waals surface area (Å²) in [5, 5.41) is 41.8. The van der Waals surface area contributed by atoms with Gasteiger partial charge in [-0.15, -0.1) is 0 Å². The fourth-order valence-corrected chi connectivity index (χ4v) is 6.61. The Labute approximate surface area is 359 Å². The van der Waals surface area contributed by atoms with Gasteiger partial charge in [0.1, 0.15) is 30.6 Å². The molecule has 0 spiro atoms. The average Bonchev–Trinajstić information content (AvgIpc) is 3.82. The Bertz CT molecular complexity index is 2610. The number of rotatable bonds is 13. The van der Waals surface area contributed by atoms with Crippen LogP contribution in [0, 0.1) is 0 Å². The number of benzene rings is 2. The second kappa shape index (κ2) is 20.4. The number of methoxy groups -OCH3 is 1. The zero-order valence-electron chi connectivity index (χ0n) is 31.0. The van der Waals surface area contributed by atoms with Crippen LogP contribution in [-0.2, 0) is 17.8 Å². The molecule has 15 nitrogen and oxygen atoms in total. The van der Waals surface area contributed by atoms with Gasteiger partial charge in [-0.3, -0.25) is 10.6 Å². The summed E-state index contributed by atoms with van der Waals surface area (Å²) in [5.41, 5.74) is 7.06. The van der Waals surface area contributed by atoms with Crippen LogP contribution in [0.25, 0.3) is 33.8 Å². The Balaban J connectivity index is 0.000000218. The van der Waals surface area contributed by atoms with E-state index in [4.69, 9.17) is 14.7 Å². The second-order valence-corrected chi connectivity index (χ2v) is 14.4. The van der Waals surface area contributed by atoms with Gasteiger partial charge in [0.15, 0.2) is 11.3 Å². The van der Waals surface area contributed by atoms with Gasteiger partial charge in [-0.2, -0.15) is 19.2 Å². The minimum atomic E-state index is 0. The van der Waals surface area contributed by atoms with E-state index >= 15 is 0 Å². The van der Waals surface area contributed by atoms with Crippen molar-refractivity contribution >= 4 is 66.4 Å². The number of hydrogen-bond acceptors (Lipinski definition) is 11. The first-order valence-corrected chi connectivity index (χ1v) is 19.4. The van der Waals surface area contributed by atoms with Gasteiger partial charge in [0.25, 0.3) is 0 Å². The number of ether oxygens (including phenoxy) is 1. The van der Waals surface area contributed by atoms with Gasteiger partial charge in [0.05, 0.1) is 46.4 Å². The van der Waals surface area contributed by atoms with Crippen molar-refractivity contribution in [1.29, 1.82) is 0 Å². The second-order valence-electron chi connectivity index (χ2n) is 12.7. The lowest BCUT2D eigenvalue weighted by Crippen LogP contribution is -2.35. The van der Waals surface area contributed by atoms with Crippen LogP contribution >= 0.6 is 31.9 Å². The van der Waals surface area contributed by atoms with Crippen LogP contribution in [0.4, 0.5) is 23.3 Å². The highest BCUT2D eigenvalue weighted by Gasteiger charge is 2.15. The molecule has 0 aliphatic rings. The summed E-state index contributed by atoms with van der Waals surface area (Å²) in [6.07, 6.45) is 6.78. The third-order valence-corrected chi connectivity index (χ3v) is 9.91. The van der Waals surface area contributed by atoms with Gasteiger partial charge in [-0.1, -0.05) is 85.0 Å². The molecule has 0 unspecified atom stereocenters. The molecule has 0 atom stereocenters. The Morgan fingerprint density at radius 3 is 1.53 bits per heavy atom. The Hall–Kier alpha value is -6.30. The van der Waals surface area contributed by atoms with Crippen molar-refractivity contribution in [2.24, 2.45) is 0 Å². The first kappa shape index (κ1) is 43.8. The van der Waals surface area contributed by atoms with Crippen molar-refractivity contribution in [3.8, 4) is 22.5 Å². The maximum atomic E-state index is 10.2. The van der Waals surface area contributed by atoms with Crippen molar-refractivity contribution in [2.75, 3.05) is 48.6 Å². The lowest BCUT2D eigenvalue weighted by Gasteiger charge is -2.11. The molecule has 8 aromatic rings. The maximum absolute atomic E-state index is 10.2. The fraction of sp³-hybridized carbons (Fsp3) is 0.190. The first-order valence-electron chi connectivity index (χ1n) is 17.9. The number of halogens is 2. The molecule has 0 amide bonds. The molecule has 0 aliphatic heterocycles. The molecule has 0 saturated heterocycles. The normalized spacial score (nSPS) is 10.6. The quantitative estimate of drug-likeness (QED) is 0.0378. The summed E-state index contributed by atoms with van der Waals surface area (Å²) in [4.78, 5) is 9.45. The zero-order valence-corrected chi connectivity index (χ0v) is 34.2. The third-order valence-electron chi connectivity index (χ3n) is 8.79. The number of pyridine rings is 2. The summed E-state index contributed by atoms with van der Waals surface area (Å²) in [6.45, 7) is 2.20. The van der Waals surface area contributed by atoms with Crippen LogP contribution < -0.4 is 30.7 Å². The van der Waals surface area contributed by atoms with Gasteiger partial charge in [0, 0.05) is 66.7 Å². The van der Waals surface area contributed by atoms with E-state index in [1.807, 2.05) is 97.1 Å². The molecule has 17 heteroatoms. The number of anilines is 4. The minimum Gasteiger partial charge on any atom is -0.381 e. The molecule has 0 radical (unpaired) electrons. The molecule has 6 aromatic heterocycles. The third kappa shape index (κ3) is 10.4. The molecule has 6 heterocycles. The van der Waals surface area contributed by atoms with Crippen LogP contribution in [0.1, 0.15) is 26.0 Å². The lowest BCUT2D eigenvalue weighted by atomic mass is 10.1. The molecule has 306 valence electrons. The number of aromatic nitrogens is 8. The number of hydrogen-bond donors (Lipinski definition) is 6. The summed E-state index contributed by atoms with van der Waals surface area (Å²) < 4.78 is 12.3. The van der Waals surface area contributed by atoms with Crippen LogP contribution in [0.15, 0.2) is 131 Å². The molecule has 6 N–H and O–H groups in total. The lowest BCUT2D eigenvalue weighted by molar-refractivity contribution is -0.893. The topological polar surface area (TPSA) is 166 Å². The van der Waals surface area contributed by atoms with E-state index in [2.05, 4.69) is 63.3 Å². The Morgan fingerprint density at radius 2 is 1.10 bits per heavy atom. The Kier molecular flexibility index (Phi) is 15.2. The minimum absolute atomic E-state index is 0. The van der Waals surface area contributed by atoms with Gasteiger partial charge >= 0.3 is 11.6 Å². The van der Waals surface area contributed by atoms with E-state index in [1.165, 1.54) is 0 Å². The van der Waals surface area contributed by atoms with Crippen LogP contribution in [-0.4, -0.2) is 66.9 Å². The van der Waals surface area contributed by atoms with E-state index in [1.54, 1.807) is 48.0 Å². The first-order chi connectivity index (χ1) is 27.8. The van der Waals surface area contributed by atoms with Crippen molar-refractivity contribution in [3.05, 3.63) is 142 Å². The smallest absolute Gasteiger partial charge is 0.313 e. The van der Waals surface area contributed by atoms with Gasteiger partial charge in [0.2, 0.25) is 0 Å². The highest BCUT2D eigenvalue weighted by atomic mass is 79.9. The molecule has 2 aromatic carbocycles. The highest BCUT2D eigenvalue weighted by Crippen LogP contribution is 2.27. The molecule has 0 fully saturated rings. The van der Waals surface area contributed by atoms with Gasteiger partial charge in [-0.05, 0) is 44.0 Å². The summed E-state index contributed by atoms with van der Waals surface area (Å²) in [5.74, 6) is 2.83. The molecule has 8 rings (SSSR count). The summed E-state index contributed by atoms with van der Waals surface area (Å²) in [7, 11) is 3.40. The molecule has 59 heavy (non-hydrogen) atoms.